The predicted molar refractivity (Wildman–Crippen MR) is 167 cm³/mol. The van der Waals surface area contributed by atoms with E-state index in [0.717, 1.165) is 38.5 Å². The largest absolute Gasteiger partial charge is 0.481 e. The Hall–Kier alpha value is -2.03. The number of carboxylic acid groups (broad SMARTS) is 1. The van der Waals surface area contributed by atoms with Crippen LogP contribution in [-0.4, -0.2) is 60.3 Å². The van der Waals surface area contributed by atoms with E-state index in [4.69, 9.17) is 24.1 Å². The maximum atomic E-state index is 11.1. The van der Waals surface area contributed by atoms with Gasteiger partial charge in [0, 0.05) is 32.0 Å². The van der Waals surface area contributed by atoms with Crippen LogP contribution in [0.15, 0.2) is 54.6 Å². The molecule has 1 aromatic rings. The Kier molecular flexibility index (Phi) is 18.6. The highest BCUT2D eigenvalue weighted by molar-refractivity contribution is 5.66. The third-order valence-electron chi connectivity index (χ3n) is 7.77. The lowest BCUT2D eigenvalue weighted by Crippen LogP contribution is -2.28. The molecule has 1 aliphatic carbocycles. The van der Waals surface area contributed by atoms with Gasteiger partial charge in [0.1, 0.15) is 0 Å². The normalized spacial score (nSPS) is 23.1. The maximum Gasteiger partial charge on any atom is 0.303 e. The lowest BCUT2D eigenvalue weighted by atomic mass is 9.89. The number of aliphatic hydroxyl groups is 1. The van der Waals surface area contributed by atoms with E-state index in [9.17, 15) is 9.90 Å². The Morgan fingerprint density at radius 2 is 1.69 bits per heavy atom. The second-order valence-electron chi connectivity index (χ2n) is 11.4. The van der Waals surface area contributed by atoms with Crippen molar-refractivity contribution in [3.8, 4) is 0 Å². The van der Waals surface area contributed by atoms with Crippen LogP contribution in [0.1, 0.15) is 97.5 Å². The summed E-state index contributed by atoms with van der Waals surface area (Å²) in [6.07, 6.45) is 15.5. The van der Waals surface area contributed by atoms with Crippen LogP contribution in [0.25, 0.3) is 0 Å². The number of allylic oxidation sites excluding steroid dienone is 2. The Labute approximate surface area is 254 Å². The van der Waals surface area contributed by atoms with E-state index in [1.54, 1.807) is 0 Å². The topological polar surface area (TPSA) is 94.5 Å². The summed E-state index contributed by atoms with van der Waals surface area (Å²) in [6, 6.07) is 10.4. The van der Waals surface area contributed by atoms with Gasteiger partial charge in [0.15, 0.2) is 12.6 Å². The molecule has 0 amide bonds. The number of hydrogen-bond acceptors (Lipinski definition) is 6. The zero-order valence-corrected chi connectivity index (χ0v) is 26.4. The zero-order valence-electron chi connectivity index (χ0n) is 26.4. The third kappa shape index (κ3) is 14.9. The molecule has 2 N–H and O–H groups in total. The van der Waals surface area contributed by atoms with Gasteiger partial charge < -0.3 is 29.2 Å². The summed E-state index contributed by atoms with van der Waals surface area (Å²) < 4.78 is 24.5. The second kappa shape index (κ2) is 21.6. The number of hydrogen-bond donors (Lipinski definition) is 2. The number of aryl methyl sites for hydroxylation is 1. The first-order valence-corrected chi connectivity index (χ1v) is 16.1. The summed E-state index contributed by atoms with van der Waals surface area (Å²) in [6.45, 7) is 9.49. The van der Waals surface area contributed by atoms with Gasteiger partial charge in [-0.25, -0.2) is 0 Å². The van der Waals surface area contributed by atoms with Crippen LogP contribution < -0.4 is 0 Å². The predicted octanol–water partition coefficient (Wildman–Crippen LogP) is 7.47. The maximum absolute atomic E-state index is 11.1. The molecule has 1 aromatic carbocycles. The number of rotatable bonds is 23. The molecule has 1 saturated carbocycles. The van der Waals surface area contributed by atoms with Crippen molar-refractivity contribution in [3.05, 3.63) is 60.2 Å². The average Bonchev–Trinajstić information content (AvgIpc) is 3.25. The lowest BCUT2D eigenvalue weighted by Gasteiger charge is -2.26. The fourth-order valence-corrected chi connectivity index (χ4v) is 5.35. The molecule has 0 bridgehead atoms. The van der Waals surface area contributed by atoms with E-state index in [1.165, 1.54) is 5.56 Å². The highest BCUT2D eigenvalue weighted by Gasteiger charge is 2.42. The van der Waals surface area contributed by atoms with E-state index < -0.39 is 12.1 Å². The number of ether oxygens (including phenoxy) is 4. The highest BCUT2D eigenvalue weighted by Crippen LogP contribution is 2.39. The van der Waals surface area contributed by atoms with Crippen molar-refractivity contribution in [2.75, 3.05) is 13.2 Å². The van der Waals surface area contributed by atoms with Gasteiger partial charge >= 0.3 is 5.97 Å². The van der Waals surface area contributed by atoms with E-state index in [0.29, 0.717) is 38.9 Å². The van der Waals surface area contributed by atoms with Crippen LogP contribution in [0.3, 0.4) is 0 Å². The molecule has 42 heavy (non-hydrogen) atoms. The van der Waals surface area contributed by atoms with Crippen LogP contribution in [0.4, 0.5) is 0 Å². The second-order valence-corrected chi connectivity index (χ2v) is 11.4. The quantitative estimate of drug-likeness (QED) is 0.0778. The lowest BCUT2D eigenvalue weighted by molar-refractivity contribution is -0.166. The minimum Gasteiger partial charge on any atom is -0.481 e. The van der Waals surface area contributed by atoms with E-state index in [1.807, 2.05) is 26.0 Å². The summed E-state index contributed by atoms with van der Waals surface area (Å²) in [4.78, 5) is 10.8. The van der Waals surface area contributed by atoms with Crippen LogP contribution in [0.5, 0.6) is 0 Å². The van der Waals surface area contributed by atoms with Gasteiger partial charge in [-0.05, 0) is 70.3 Å². The van der Waals surface area contributed by atoms with Gasteiger partial charge in [-0.3, -0.25) is 4.79 Å². The minimum absolute atomic E-state index is 0.0139. The summed E-state index contributed by atoms with van der Waals surface area (Å²) in [5.74, 6) is -0.804. The molecule has 7 atom stereocenters. The monoisotopic (exact) mass is 588 g/mol. The van der Waals surface area contributed by atoms with E-state index in [-0.39, 0.29) is 43.0 Å². The first kappa shape index (κ1) is 36.2. The summed E-state index contributed by atoms with van der Waals surface area (Å²) in [5, 5.41) is 20.0. The van der Waals surface area contributed by atoms with Gasteiger partial charge in [-0.2, -0.15) is 0 Å². The fraction of sp³-hybridized carbons (Fsp3) is 0.686. The van der Waals surface area contributed by atoms with E-state index in [2.05, 4.69) is 56.3 Å². The molecular weight excluding hydrogens is 532 g/mol. The number of unbranched alkanes of at least 4 members (excludes halogenated alkanes) is 3. The Balaban J connectivity index is 2.16. The molecule has 7 heteroatoms. The van der Waals surface area contributed by atoms with Crippen molar-refractivity contribution in [1.29, 1.82) is 0 Å². The molecule has 238 valence electrons. The van der Waals surface area contributed by atoms with Gasteiger partial charge in [-0.15, -0.1) is 0 Å². The van der Waals surface area contributed by atoms with Gasteiger partial charge in [0.05, 0.1) is 18.3 Å². The molecule has 0 radical (unpaired) electrons. The van der Waals surface area contributed by atoms with Crippen LogP contribution >= 0.6 is 0 Å². The van der Waals surface area contributed by atoms with Crippen molar-refractivity contribution in [1.82, 2.24) is 0 Å². The molecular formula is C35H56O7. The number of carbonyl (C=O) groups is 1. The number of aliphatic carboxylic acids is 1. The molecule has 1 aliphatic rings. The van der Waals surface area contributed by atoms with Crippen LogP contribution in [0, 0.1) is 11.8 Å². The zero-order chi connectivity index (χ0) is 30.6. The molecule has 0 aliphatic heterocycles. The molecule has 2 rings (SSSR count). The van der Waals surface area contributed by atoms with Crippen molar-refractivity contribution in [2.45, 2.75) is 129 Å². The third-order valence-corrected chi connectivity index (χ3v) is 7.77. The smallest absolute Gasteiger partial charge is 0.303 e. The Bertz CT molecular complexity index is 887. The highest BCUT2D eigenvalue weighted by atomic mass is 16.7. The first-order valence-electron chi connectivity index (χ1n) is 16.1. The molecule has 0 heterocycles. The number of aliphatic hydroxyl groups excluding tert-OH is 1. The fourth-order valence-electron chi connectivity index (χ4n) is 5.35. The summed E-state index contributed by atoms with van der Waals surface area (Å²) in [5.41, 5.74) is 1.26. The molecule has 3 unspecified atom stereocenters. The van der Waals surface area contributed by atoms with Crippen molar-refractivity contribution in [2.24, 2.45) is 11.8 Å². The molecule has 7 nitrogen and oxygen atoms in total. The number of benzene rings is 1. The minimum atomic E-state index is -0.774. The first-order chi connectivity index (χ1) is 20.3. The molecule has 0 saturated heterocycles. The van der Waals surface area contributed by atoms with Crippen LogP contribution in [0.2, 0.25) is 0 Å². The van der Waals surface area contributed by atoms with Crippen molar-refractivity contribution < 1.29 is 34.0 Å². The van der Waals surface area contributed by atoms with Crippen LogP contribution in [-0.2, 0) is 30.2 Å². The van der Waals surface area contributed by atoms with Crippen molar-refractivity contribution >= 4 is 5.97 Å². The SMILES string of the molecule is CCCCOC(C)OC(/C=C/[C@@H]1[C@@H](C/C=C\CCCC(=O)O)[C@@H](O)C[C@H]1OC(C)OCCCC)CCc1ccccc1. The van der Waals surface area contributed by atoms with Gasteiger partial charge in [-0.1, -0.05) is 81.3 Å². The molecule has 0 aromatic heterocycles. The summed E-state index contributed by atoms with van der Waals surface area (Å²) in [7, 11) is 0. The number of carboxylic acids is 1. The standard InChI is InChI=1S/C35H56O7/c1-5-7-24-39-27(3)41-30(21-20-29-16-12-11-13-17-29)22-23-32-31(18-14-9-10-15-19-35(37)38)33(36)26-34(32)42-28(4)40-25-8-6-2/h9,11-14,16-17,22-23,27-28,30-34,36H,5-8,10,15,18-21,24-26H2,1-4H3,(H,37,38)/b14-9-,23-22+/t27?,28?,30?,31-,32-,33+,34-/m1/s1. The Morgan fingerprint density at radius 1 is 1.00 bits per heavy atom. The molecule has 0 spiro atoms. The Morgan fingerprint density at radius 3 is 2.36 bits per heavy atom. The van der Waals surface area contributed by atoms with Gasteiger partial charge in [0.25, 0.3) is 0 Å². The van der Waals surface area contributed by atoms with E-state index >= 15 is 0 Å². The average molecular weight is 589 g/mol. The van der Waals surface area contributed by atoms with Gasteiger partial charge in [0.2, 0.25) is 0 Å². The van der Waals surface area contributed by atoms with Crippen molar-refractivity contribution in [3.63, 3.8) is 0 Å². The summed E-state index contributed by atoms with van der Waals surface area (Å²) >= 11 is 0. The molecule has 1 fully saturated rings.